The number of hydrogen-bond acceptors (Lipinski definition) is 2. The molecule has 0 bridgehead atoms. The van der Waals surface area contributed by atoms with Crippen LogP contribution < -0.4 is 0 Å². The fourth-order valence-electron chi connectivity index (χ4n) is 2.91. The van der Waals surface area contributed by atoms with Crippen LogP contribution in [0.4, 0.5) is 0 Å². The van der Waals surface area contributed by atoms with Gasteiger partial charge in [0.25, 0.3) is 0 Å². The molecule has 2 heteroatoms. The highest BCUT2D eigenvalue weighted by atomic mass is 16.4. The smallest absolute Gasteiger partial charge is 0.0632 e. The molecule has 0 unspecified atom stereocenters. The van der Waals surface area contributed by atoms with Crippen LogP contribution in [-0.4, -0.2) is 10.9 Å². The van der Waals surface area contributed by atoms with Crippen LogP contribution in [0.5, 0.6) is 0 Å². The van der Waals surface area contributed by atoms with Gasteiger partial charge >= 0.3 is 0 Å². The molecule has 68 valence electrons. The summed E-state index contributed by atoms with van der Waals surface area (Å²) in [6, 6.07) is 0. The van der Waals surface area contributed by atoms with Gasteiger partial charge in [-0.3, -0.25) is 0 Å². The number of hydrogen-bond donors (Lipinski definition) is 1. The highest BCUT2D eigenvalue weighted by Gasteiger charge is 2.40. The van der Waals surface area contributed by atoms with Gasteiger partial charge < -0.3 is 5.21 Å². The van der Waals surface area contributed by atoms with Crippen LogP contribution in [0.2, 0.25) is 0 Å². The van der Waals surface area contributed by atoms with Gasteiger partial charge in [0.1, 0.15) is 0 Å². The highest BCUT2D eigenvalue weighted by Crippen LogP contribution is 2.47. The van der Waals surface area contributed by atoms with Crippen LogP contribution in [0.15, 0.2) is 5.16 Å². The minimum atomic E-state index is 0.340. The number of nitrogens with zero attached hydrogens (tertiary/aromatic N) is 1. The van der Waals surface area contributed by atoms with Gasteiger partial charge in [-0.05, 0) is 32.1 Å². The molecule has 2 saturated carbocycles. The van der Waals surface area contributed by atoms with Gasteiger partial charge in [-0.15, -0.1) is 0 Å². The van der Waals surface area contributed by atoms with E-state index in [9.17, 15) is 0 Å². The molecular formula is C10H17NO. The van der Waals surface area contributed by atoms with E-state index in [1.807, 2.05) is 0 Å². The summed E-state index contributed by atoms with van der Waals surface area (Å²) in [5.74, 6) is 0. The van der Waals surface area contributed by atoms with Gasteiger partial charge in [0.05, 0.1) is 5.71 Å². The van der Waals surface area contributed by atoms with Crippen LogP contribution >= 0.6 is 0 Å². The third-order valence-corrected chi connectivity index (χ3v) is 3.61. The fraction of sp³-hybridized carbons (Fsp3) is 0.900. The molecule has 2 aliphatic carbocycles. The third kappa shape index (κ3) is 1.13. The molecule has 2 rings (SSSR count). The molecule has 2 nitrogen and oxygen atoms in total. The van der Waals surface area contributed by atoms with Crippen molar-refractivity contribution < 1.29 is 5.21 Å². The van der Waals surface area contributed by atoms with Gasteiger partial charge in [-0.25, -0.2) is 0 Å². The predicted octanol–water partition coefficient (Wildman–Crippen LogP) is 2.95. The first-order chi connectivity index (χ1) is 5.87. The van der Waals surface area contributed by atoms with Gasteiger partial charge in [0.15, 0.2) is 0 Å². The van der Waals surface area contributed by atoms with Crippen molar-refractivity contribution in [1.82, 2.24) is 0 Å². The fourth-order valence-corrected chi connectivity index (χ4v) is 2.91. The zero-order valence-electron chi connectivity index (χ0n) is 7.55. The van der Waals surface area contributed by atoms with E-state index in [-0.39, 0.29) is 0 Å². The van der Waals surface area contributed by atoms with Crippen LogP contribution in [0, 0.1) is 5.41 Å². The topological polar surface area (TPSA) is 32.6 Å². The van der Waals surface area contributed by atoms with Crippen molar-refractivity contribution in [2.45, 2.75) is 51.4 Å². The van der Waals surface area contributed by atoms with E-state index in [1.165, 1.54) is 44.9 Å². The molecule has 0 aliphatic heterocycles. The Morgan fingerprint density at radius 2 is 1.58 bits per heavy atom. The van der Waals surface area contributed by atoms with Gasteiger partial charge in [-0.2, -0.15) is 0 Å². The Morgan fingerprint density at radius 3 is 2.17 bits per heavy atom. The zero-order chi connectivity index (χ0) is 8.44. The molecule has 0 heterocycles. The van der Waals surface area contributed by atoms with E-state index in [4.69, 9.17) is 5.21 Å². The summed E-state index contributed by atoms with van der Waals surface area (Å²) in [6.07, 6.45) is 10.1. The number of rotatable bonds is 0. The molecule has 0 radical (unpaired) electrons. The zero-order valence-corrected chi connectivity index (χ0v) is 7.55. The second-order valence-corrected chi connectivity index (χ2v) is 4.24. The van der Waals surface area contributed by atoms with Crippen LogP contribution in [0.1, 0.15) is 51.4 Å². The first kappa shape index (κ1) is 8.09. The average Bonchev–Trinajstić information content (AvgIpc) is 2.55. The van der Waals surface area contributed by atoms with Crippen molar-refractivity contribution in [2.24, 2.45) is 10.6 Å². The summed E-state index contributed by atoms with van der Waals surface area (Å²) in [4.78, 5) is 0. The molecule has 0 amide bonds. The summed E-state index contributed by atoms with van der Waals surface area (Å²) in [7, 11) is 0. The standard InChI is InChI=1S/C10H17NO/c12-11-9-5-1-2-6-10(9)7-3-4-8-10/h12H,1-8H2/b11-9-. The van der Waals surface area contributed by atoms with Crippen molar-refractivity contribution >= 4 is 5.71 Å². The number of oxime groups is 1. The lowest BCUT2D eigenvalue weighted by Crippen LogP contribution is -2.31. The predicted molar refractivity (Wildman–Crippen MR) is 48.6 cm³/mol. The first-order valence-electron chi connectivity index (χ1n) is 5.09. The van der Waals surface area contributed by atoms with Crippen LogP contribution in [0.3, 0.4) is 0 Å². The Balaban J connectivity index is 2.19. The van der Waals surface area contributed by atoms with Crippen LogP contribution in [-0.2, 0) is 0 Å². The Kier molecular flexibility index (Phi) is 2.07. The second-order valence-electron chi connectivity index (χ2n) is 4.24. The van der Waals surface area contributed by atoms with E-state index in [2.05, 4.69) is 5.16 Å². The van der Waals surface area contributed by atoms with E-state index in [0.29, 0.717) is 5.41 Å². The summed E-state index contributed by atoms with van der Waals surface area (Å²) < 4.78 is 0. The van der Waals surface area contributed by atoms with E-state index in [1.54, 1.807) is 0 Å². The van der Waals surface area contributed by atoms with E-state index in [0.717, 1.165) is 12.1 Å². The molecule has 0 aromatic heterocycles. The lowest BCUT2D eigenvalue weighted by molar-refractivity contribution is 0.282. The summed E-state index contributed by atoms with van der Waals surface area (Å²) in [5.41, 5.74) is 1.44. The van der Waals surface area contributed by atoms with E-state index >= 15 is 0 Å². The Bertz CT molecular complexity index is 192. The SMILES string of the molecule is O/N=C1/CCCCC12CCCC2. The molecule has 0 aromatic carbocycles. The molecule has 0 aromatic rings. The Morgan fingerprint density at radius 1 is 1.00 bits per heavy atom. The third-order valence-electron chi connectivity index (χ3n) is 3.61. The molecule has 0 saturated heterocycles. The Hall–Kier alpha value is -0.530. The second kappa shape index (κ2) is 3.08. The van der Waals surface area contributed by atoms with Crippen molar-refractivity contribution in [3.8, 4) is 0 Å². The summed E-state index contributed by atoms with van der Waals surface area (Å²) in [6.45, 7) is 0. The van der Waals surface area contributed by atoms with E-state index < -0.39 is 0 Å². The lowest BCUT2D eigenvalue weighted by atomic mass is 9.71. The Labute approximate surface area is 73.7 Å². The van der Waals surface area contributed by atoms with Gasteiger partial charge in [0.2, 0.25) is 0 Å². The maximum atomic E-state index is 8.90. The molecular weight excluding hydrogens is 150 g/mol. The molecule has 1 N–H and O–H groups in total. The first-order valence-corrected chi connectivity index (χ1v) is 5.09. The molecule has 2 aliphatic rings. The minimum Gasteiger partial charge on any atom is -0.411 e. The quantitative estimate of drug-likeness (QED) is 0.436. The molecule has 2 fully saturated rings. The van der Waals surface area contributed by atoms with Crippen molar-refractivity contribution in [2.75, 3.05) is 0 Å². The van der Waals surface area contributed by atoms with Crippen LogP contribution in [0.25, 0.3) is 0 Å². The summed E-state index contributed by atoms with van der Waals surface area (Å²) in [5, 5.41) is 12.4. The van der Waals surface area contributed by atoms with Crippen molar-refractivity contribution in [1.29, 1.82) is 0 Å². The normalized spacial score (nSPS) is 31.5. The highest BCUT2D eigenvalue weighted by molar-refractivity contribution is 5.90. The average molecular weight is 167 g/mol. The lowest BCUT2D eigenvalue weighted by Gasteiger charge is -2.33. The largest absolute Gasteiger partial charge is 0.411 e. The van der Waals surface area contributed by atoms with Gasteiger partial charge in [0, 0.05) is 5.41 Å². The maximum Gasteiger partial charge on any atom is 0.0632 e. The van der Waals surface area contributed by atoms with Gasteiger partial charge in [-0.1, -0.05) is 24.4 Å². The summed E-state index contributed by atoms with van der Waals surface area (Å²) >= 11 is 0. The van der Waals surface area contributed by atoms with Crippen molar-refractivity contribution in [3.63, 3.8) is 0 Å². The molecule has 1 spiro atoms. The molecule has 12 heavy (non-hydrogen) atoms. The minimum absolute atomic E-state index is 0.340. The van der Waals surface area contributed by atoms with Crippen molar-refractivity contribution in [3.05, 3.63) is 0 Å². The monoisotopic (exact) mass is 167 g/mol. The maximum absolute atomic E-state index is 8.90. The molecule has 0 atom stereocenters.